The molecule has 3 aliphatic rings. The number of nitrogens with zero attached hydrogens (tertiary/aromatic N) is 2. The maximum Gasteiger partial charge on any atom is 0.391 e. The number of halogens is 3. The van der Waals surface area contributed by atoms with E-state index in [4.69, 9.17) is 5.73 Å². The summed E-state index contributed by atoms with van der Waals surface area (Å²) in [5.74, 6) is -9.26. The Labute approximate surface area is 240 Å². The van der Waals surface area contributed by atoms with Gasteiger partial charge in [-0.15, -0.1) is 0 Å². The first kappa shape index (κ1) is 31.4. The first-order valence-corrected chi connectivity index (χ1v) is 13.7. The van der Waals surface area contributed by atoms with Crippen LogP contribution in [-0.4, -0.2) is 88.8 Å². The molecule has 0 aliphatic heterocycles. The van der Waals surface area contributed by atoms with Crippen LogP contribution in [0.15, 0.2) is 23.0 Å². The maximum absolute atomic E-state index is 14.0. The van der Waals surface area contributed by atoms with E-state index in [1.165, 1.54) is 25.9 Å². The fourth-order valence-corrected chi connectivity index (χ4v) is 6.86. The number of aromatic hydroxyl groups is 1. The van der Waals surface area contributed by atoms with Crippen LogP contribution >= 0.6 is 0 Å². The van der Waals surface area contributed by atoms with Gasteiger partial charge in [-0.25, -0.2) is 0 Å². The molecule has 4 rings (SSSR count). The van der Waals surface area contributed by atoms with E-state index < -0.39 is 75.9 Å². The van der Waals surface area contributed by atoms with Crippen molar-refractivity contribution in [2.45, 2.75) is 56.8 Å². The van der Waals surface area contributed by atoms with Gasteiger partial charge in [-0.1, -0.05) is 6.92 Å². The number of primary amides is 1. The predicted octanol–water partition coefficient (Wildman–Crippen LogP) is 2.55. The zero-order valence-electron chi connectivity index (χ0n) is 24.0. The van der Waals surface area contributed by atoms with E-state index in [0.29, 0.717) is 11.3 Å². The number of aliphatic hydroxyl groups excluding tert-OH is 2. The number of alkyl halides is 3. The number of aryl methyl sites for hydroxylation is 1. The number of likely N-dealkylation sites (N-methyl/N-ethyl adjacent to an activating group) is 1. The molecule has 1 fully saturated rings. The van der Waals surface area contributed by atoms with Gasteiger partial charge >= 0.3 is 6.18 Å². The largest absolute Gasteiger partial charge is 0.508 e. The van der Waals surface area contributed by atoms with Crippen molar-refractivity contribution in [1.82, 2.24) is 4.90 Å². The zero-order valence-corrected chi connectivity index (χ0v) is 24.0. The third-order valence-corrected chi connectivity index (χ3v) is 8.98. The highest BCUT2D eigenvalue weighted by molar-refractivity contribution is 6.24. The van der Waals surface area contributed by atoms with Crippen LogP contribution in [0.3, 0.4) is 0 Å². The first-order chi connectivity index (χ1) is 19.4. The summed E-state index contributed by atoms with van der Waals surface area (Å²) in [5, 5.41) is 45.4. The Morgan fingerprint density at radius 3 is 2.29 bits per heavy atom. The number of hydrogen-bond donors (Lipinski definition) is 5. The average molecular weight is 596 g/mol. The van der Waals surface area contributed by atoms with Gasteiger partial charge in [0.25, 0.3) is 5.91 Å². The highest BCUT2D eigenvalue weighted by Crippen LogP contribution is 2.54. The van der Waals surface area contributed by atoms with Gasteiger partial charge in [0.1, 0.15) is 22.8 Å². The molecule has 0 spiro atoms. The van der Waals surface area contributed by atoms with Crippen molar-refractivity contribution in [3.8, 4) is 5.75 Å². The fraction of sp³-hybridized carbons (Fsp3) is 0.552. The van der Waals surface area contributed by atoms with Gasteiger partial charge in [0.2, 0.25) is 5.78 Å². The molecule has 10 nitrogen and oxygen atoms in total. The minimum atomic E-state index is -4.42. The third-order valence-electron chi connectivity index (χ3n) is 8.98. The molecule has 13 heteroatoms. The van der Waals surface area contributed by atoms with Crippen LogP contribution in [0.1, 0.15) is 42.9 Å². The molecule has 230 valence electrons. The molecule has 42 heavy (non-hydrogen) atoms. The van der Waals surface area contributed by atoms with Crippen LogP contribution in [0.5, 0.6) is 5.75 Å². The topological polar surface area (TPSA) is 165 Å². The van der Waals surface area contributed by atoms with E-state index in [2.05, 4.69) is 0 Å². The number of phenolic OH excluding ortho intramolecular Hbond substituents is 1. The number of hydrogen-bond acceptors (Lipinski definition) is 9. The second kappa shape index (κ2) is 10.6. The third kappa shape index (κ3) is 4.62. The first-order valence-electron chi connectivity index (χ1n) is 13.7. The number of nitrogens with two attached hydrogens (primary N) is 1. The smallest absolute Gasteiger partial charge is 0.391 e. The number of ketones is 2. The van der Waals surface area contributed by atoms with Crippen LogP contribution in [0.25, 0.3) is 5.76 Å². The summed E-state index contributed by atoms with van der Waals surface area (Å²) in [6.45, 7) is 1.42. The zero-order chi connectivity index (χ0) is 31.6. The highest BCUT2D eigenvalue weighted by atomic mass is 19.4. The van der Waals surface area contributed by atoms with Crippen molar-refractivity contribution in [1.29, 1.82) is 0 Å². The van der Waals surface area contributed by atoms with Gasteiger partial charge in [0, 0.05) is 31.3 Å². The molecule has 6 N–H and O–H groups in total. The Morgan fingerprint density at radius 2 is 1.79 bits per heavy atom. The van der Waals surface area contributed by atoms with Crippen LogP contribution in [-0.2, 0) is 27.2 Å². The van der Waals surface area contributed by atoms with Gasteiger partial charge in [-0.2, -0.15) is 13.2 Å². The molecule has 0 heterocycles. The molecule has 0 aromatic heterocycles. The number of phenols is 1. The summed E-state index contributed by atoms with van der Waals surface area (Å²) < 4.78 is 40.3. The van der Waals surface area contributed by atoms with Crippen LogP contribution in [0.4, 0.5) is 18.9 Å². The van der Waals surface area contributed by atoms with Crippen LogP contribution in [0, 0.1) is 17.8 Å². The number of rotatable bonds is 7. The Bertz CT molecular complexity index is 1420. The van der Waals surface area contributed by atoms with E-state index in [0.717, 1.165) is 0 Å². The second-order valence-corrected chi connectivity index (χ2v) is 11.8. The summed E-state index contributed by atoms with van der Waals surface area (Å²) in [6, 6.07) is 0.364. The molecular weight excluding hydrogens is 559 g/mol. The molecule has 1 unspecified atom stereocenters. The number of anilines is 1. The number of carbonyl (C=O) groups is 3. The molecule has 0 saturated heterocycles. The van der Waals surface area contributed by atoms with Crippen molar-refractivity contribution in [2.75, 3.05) is 33.1 Å². The van der Waals surface area contributed by atoms with Gasteiger partial charge in [-0.3, -0.25) is 19.3 Å². The number of aliphatic hydroxyl groups is 3. The van der Waals surface area contributed by atoms with Crippen molar-refractivity contribution in [2.24, 2.45) is 23.5 Å². The van der Waals surface area contributed by atoms with Crippen molar-refractivity contribution >= 4 is 28.9 Å². The molecular formula is C29H36F3N3O7. The molecule has 0 bridgehead atoms. The van der Waals surface area contributed by atoms with Gasteiger partial charge in [-0.05, 0) is 69.3 Å². The molecule has 5 atom stereocenters. The normalized spacial score (nSPS) is 26.7. The number of benzene rings is 1. The van der Waals surface area contributed by atoms with Gasteiger partial charge in [0.05, 0.1) is 17.5 Å². The van der Waals surface area contributed by atoms with E-state index in [9.17, 15) is 48.0 Å². The average Bonchev–Trinajstić information content (AvgIpc) is 2.86. The molecule has 1 amide bonds. The maximum atomic E-state index is 14.0. The number of amides is 1. The minimum Gasteiger partial charge on any atom is -0.508 e. The molecule has 3 aliphatic carbocycles. The quantitative estimate of drug-likeness (QED) is 0.298. The lowest BCUT2D eigenvalue weighted by molar-refractivity contribution is -0.176. The van der Waals surface area contributed by atoms with E-state index >= 15 is 0 Å². The summed E-state index contributed by atoms with van der Waals surface area (Å²) in [5.41, 5.74) is 2.28. The lowest BCUT2D eigenvalue weighted by Gasteiger charge is -2.50. The van der Waals surface area contributed by atoms with Gasteiger partial charge in [0.15, 0.2) is 11.4 Å². The summed E-state index contributed by atoms with van der Waals surface area (Å²) in [6.07, 6.45) is -5.04. The van der Waals surface area contributed by atoms with Crippen molar-refractivity contribution in [3.05, 3.63) is 39.7 Å². The fourth-order valence-electron chi connectivity index (χ4n) is 6.86. The minimum absolute atomic E-state index is 0.0646. The monoisotopic (exact) mass is 595 g/mol. The van der Waals surface area contributed by atoms with Crippen molar-refractivity contribution in [3.63, 3.8) is 0 Å². The lowest BCUT2D eigenvalue weighted by Crippen LogP contribution is -2.65. The van der Waals surface area contributed by atoms with Crippen LogP contribution < -0.4 is 10.6 Å². The van der Waals surface area contributed by atoms with E-state index in [1.54, 1.807) is 25.1 Å². The lowest BCUT2D eigenvalue weighted by atomic mass is 9.57. The summed E-state index contributed by atoms with van der Waals surface area (Å²) >= 11 is 0. The molecule has 1 saturated carbocycles. The summed E-state index contributed by atoms with van der Waals surface area (Å²) in [7, 11) is 6.41. The molecule has 1 aromatic rings. The van der Waals surface area contributed by atoms with Crippen LogP contribution in [0.2, 0.25) is 0 Å². The second-order valence-electron chi connectivity index (χ2n) is 11.8. The molecule has 1 aromatic carbocycles. The SMILES string of the molecule is CCC(CCc1cc(N(C)C)c2c(c1O)C(O)=C1C(=O)[C@@]3(O)C(O)=C(C(N)=O)C(=O)[C@H](N(C)C)[C@H]3C[C@H]1C2)C(F)(F)F. The Kier molecular flexibility index (Phi) is 7.92. The Balaban J connectivity index is 1.91. The van der Waals surface area contributed by atoms with Crippen molar-refractivity contribution < 1.29 is 48.0 Å². The Hall–Kier alpha value is -3.58. The molecule has 0 radical (unpaired) electrons. The predicted molar refractivity (Wildman–Crippen MR) is 147 cm³/mol. The van der Waals surface area contributed by atoms with E-state index in [1.807, 2.05) is 0 Å². The summed E-state index contributed by atoms with van der Waals surface area (Å²) in [4.78, 5) is 42.4. The number of fused-ring (bicyclic) bond motifs is 3. The number of Topliss-reactive ketones (excluding diaryl/α,β-unsaturated/α-hetero) is 2. The standard InChI is InChI=1S/C29H36F3N3O7/c1-6-14(29(30,31)32)8-7-12-11-17(34(2)3)15-9-13-10-16-21(35(4)5)24(38)20(27(33)41)26(40)28(16,42)25(39)18(13)23(37)19(15)22(12)36/h11,13-14,16,21,36-37,40,42H,6-10H2,1-5H3,(H2,33,41)/t13-,14?,16-,21-,28-/m1/s1. The van der Waals surface area contributed by atoms with Gasteiger partial charge < -0.3 is 31.1 Å². The number of carbonyl (C=O) groups excluding carboxylic acids is 3. The highest BCUT2D eigenvalue weighted by Gasteiger charge is 2.64. The Morgan fingerprint density at radius 1 is 1.17 bits per heavy atom. The van der Waals surface area contributed by atoms with E-state index in [-0.39, 0.29) is 48.8 Å².